The van der Waals surface area contributed by atoms with Crippen LogP contribution in [0.25, 0.3) is 0 Å². The summed E-state index contributed by atoms with van der Waals surface area (Å²) in [6, 6.07) is 6.35. The van der Waals surface area contributed by atoms with E-state index in [9.17, 15) is 4.79 Å². The summed E-state index contributed by atoms with van der Waals surface area (Å²) in [4.78, 5) is 17.2. The summed E-state index contributed by atoms with van der Waals surface area (Å²) >= 11 is 0. The molecule has 4 rings (SSSR count). The number of nitrogens with one attached hydrogen (secondary N) is 2. The quantitative estimate of drug-likeness (QED) is 0.869. The van der Waals surface area contributed by atoms with Gasteiger partial charge in [0.2, 0.25) is 0 Å². The van der Waals surface area contributed by atoms with Crippen LogP contribution in [0.1, 0.15) is 36.8 Å². The van der Waals surface area contributed by atoms with Gasteiger partial charge in [-0.25, -0.2) is 4.79 Å². The number of fused-ring (bicyclic) bond motifs is 1. The average molecular weight is 342 g/mol. The highest BCUT2D eigenvalue weighted by Crippen LogP contribution is 2.31. The molecule has 1 atom stereocenters. The first-order chi connectivity index (χ1) is 12.2. The standard InChI is InChI=1S/C20H30N4O/c1-23-9-6-15(7-10-23)17-3-2-8-24(14-17)20(25)22-19-5-4-16-12-21-13-18(16)11-19/h4-5,11,15,17,21H,2-3,6-10,12-14H2,1H3,(H,22,25)/t17-/m0/s1. The fourth-order valence-corrected chi connectivity index (χ4v) is 4.65. The molecule has 3 heterocycles. The maximum Gasteiger partial charge on any atom is 0.321 e. The normalized spacial score (nSPS) is 25.0. The van der Waals surface area contributed by atoms with Crippen LogP contribution in [-0.4, -0.2) is 49.1 Å². The predicted molar refractivity (Wildman–Crippen MR) is 101 cm³/mol. The van der Waals surface area contributed by atoms with Crippen molar-refractivity contribution in [2.45, 2.75) is 38.8 Å². The summed E-state index contributed by atoms with van der Waals surface area (Å²) in [7, 11) is 2.21. The smallest absolute Gasteiger partial charge is 0.321 e. The molecule has 5 nitrogen and oxygen atoms in total. The molecule has 2 amide bonds. The monoisotopic (exact) mass is 342 g/mol. The number of anilines is 1. The molecule has 0 bridgehead atoms. The first kappa shape index (κ1) is 16.9. The Hall–Kier alpha value is -1.59. The second-order valence-corrected chi connectivity index (χ2v) is 8.01. The highest BCUT2D eigenvalue weighted by molar-refractivity contribution is 5.89. The number of rotatable bonds is 2. The molecule has 2 saturated heterocycles. The highest BCUT2D eigenvalue weighted by Gasteiger charge is 2.31. The molecule has 0 aliphatic carbocycles. The molecule has 1 aromatic rings. The van der Waals surface area contributed by atoms with Crippen LogP contribution in [-0.2, 0) is 13.1 Å². The van der Waals surface area contributed by atoms with Crippen molar-refractivity contribution in [1.29, 1.82) is 0 Å². The number of urea groups is 1. The maximum absolute atomic E-state index is 12.7. The zero-order valence-electron chi connectivity index (χ0n) is 15.3. The minimum atomic E-state index is 0.0727. The van der Waals surface area contributed by atoms with E-state index in [-0.39, 0.29) is 6.03 Å². The van der Waals surface area contributed by atoms with Crippen molar-refractivity contribution in [3.05, 3.63) is 29.3 Å². The van der Waals surface area contributed by atoms with Crippen LogP contribution >= 0.6 is 0 Å². The Bertz CT molecular complexity index is 624. The fraction of sp³-hybridized carbons (Fsp3) is 0.650. The molecule has 1 aromatic carbocycles. The number of likely N-dealkylation sites (tertiary alicyclic amines) is 2. The van der Waals surface area contributed by atoms with Crippen molar-refractivity contribution in [3.63, 3.8) is 0 Å². The summed E-state index contributed by atoms with van der Waals surface area (Å²) in [5.74, 6) is 1.47. The van der Waals surface area contributed by atoms with Crippen LogP contribution in [0.3, 0.4) is 0 Å². The Morgan fingerprint density at radius 2 is 1.88 bits per heavy atom. The number of benzene rings is 1. The van der Waals surface area contributed by atoms with Gasteiger partial charge < -0.3 is 20.4 Å². The topological polar surface area (TPSA) is 47.6 Å². The lowest BCUT2D eigenvalue weighted by molar-refractivity contribution is 0.110. The van der Waals surface area contributed by atoms with E-state index in [2.05, 4.69) is 34.7 Å². The summed E-state index contributed by atoms with van der Waals surface area (Å²) in [5.41, 5.74) is 3.58. The molecule has 25 heavy (non-hydrogen) atoms. The molecule has 2 N–H and O–H groups in total. The lowest BCUT2D eigenvalue weighted by atomic mass is 9.80. The molecule has 0 radical (unpaired) electrons. The molecule has 136 valence electrons. The SMILES string of the molecule is CN1CCC([C@H]2CCCN(C(=O)Nc3ccc4c(c3)CNC4)C2)CC1. The van der Waals surface area contributed by atoms with Gasteiger partial charge in [0, 0.05) is 31.9 Å². The fourth-order valence-electron chi connectivity index (χ4n) is 4.65. The van der Waals surface area contributed by atoms with Crippen LogP contribution in [0.2, 0.25) is 0 Å². The number of hydrogen-bond acceptors (Lipinski definition) is 3. The van der Waals surface area contributed by atoms with E-state index in [0.717, 1.165) is 44.2 Å². The Kier molecular flexibility index (Phi) is 4.95. The first-order valence-electron chi connectivity index (χ1n) is 9.76. The number of piperidine rings is 2. The van der Waals surface area contributed by atoms with Crippen molar-refractivity contribution >= 4 is 11.7 Å². The number of carbonyl (C=O) groups excluding carboxylic acids is 1. The van der Waals surface area contributed by atoms with E-state index in [1.807, 2.05) is 11.0 Å². The summed E-state index contributed by atoms with van der Waals surface area (Å²) in [6.45, 7) is 6.07. The lowest BCUT2D eigenvalue weighted by Gasteiger charge is -2.40. The lowest BCUT2D eigenvalue weighted by Crippen LogP contribution is -2.45. The Morgan fingerprint density at radius 3 is 2.72 bits per heavy atom. The Morgan fingerprint density at radius 1 is 1.08 bits per heavy atom. The van der Waals surface area contributed by atoms with E-state index < -0.39 is 0 Å². The van der Waals surface area contributed by atoms with Crippen LogP contribution < -0.4 is 10.6 Å². The third kappa shape index (κ3) is 3.82. The zero-order valence-corrected chi connectivity index (χ0v) is 15.3. The van der Waals surface area contributed by atoms with Crippen molar-refractivity contribution in [2.75, 3.05) is 38.5 Å². The van der Waals surface area contributed by atoms with Gasteiger partial charge in [-0.3, -0.25) is 0 Å². The van der Waals surface area contributed by atoms with E-state index in [4.69, 9.17) is 0 Å². The summed E-state index contributed by atoms with van der Waals surface area (Å²) in [6.07, 6.45) is 4.99. The molecule has 0 spiro atoms. The van der Waals surface area contributed by atoms with Gasteiger partial charge in [0.1, 0.15) is 0 Å². The van der Waals surface area contributed by atoms with Crippen LogP contribution in [0.15, 0.2) is 18.2 Å². The number of hydrogen-bond donors (Lipinski definition) is 2. The minimum Gasteiger partial charge on any atom is -0.324 e. The molecule has 3 aliphatic heterocycles. The van der Waals surface area contributed by atoms with Crippen LogP contribution in [0.5, 0.6) is 0 Å². The second-order valence-electron chi connectivity index (χ2n) is 8.01. The molecule has 5 heteroatoms. The van der Waals surface area contributed by atoms with E-state index in [1.165, 1.54) is 43.5 Å². The van der Waals surface area contributed by atoms with E-state index in [0.29, 0.717) is 5.92 Å². The second kappa shape index (κ2) is 7.34. The Balaban J connectivity index is 1.35. The van der Waals surface area contributed by atoms with Gasteiger partial charge in [-0.2, -0.15) is 0 Å². The van der Waals surface area contributed by atoms with Crippen molar-refractivity contribution in [3.8, 4) is 0 Å². The summed E-state index contributed by atoms with van der Waals surface area (Å²) in [5, 5.41) is 6.47. The third-order valence-electron chi connectivity index (χ3n) is 6.26. The van der Waals surface area contributed by atoms with Crippen LogP contribution in [0, 0.1) is 11.8 Å². The van der Waals surface area contributed by atoms with E-state index in [1.54, 1.807) is 0 Å². The maximum atomic E-state index is 12.7. The Labute approximate surface area is 150 Å². The van der Waals surface area contributed by atoms with Gasteiger partial charge in [-0.05, 0) is 80.9 Å². The largest absolute Gasteiger partial charge is 0.324 e. The van der Waals surface area contributed by atoms with Crippen molar-refractivity contribution in [1.82, 2.24) is 15.1 Å². The molecule has 2 fully saturated rings. The average Bonchev–Trinajstić information content (AvgIpc) is 3.10. The van der Waals surface area contributed by atoms with Crippen molar-refractivity contribution in [2.24, 2.45) is 11.8 Å². The minimum absolute atomic E-state index is 0.0727. The first-order valence-corrected chi connectivity index (χ1v) is 9.76. The van der Waals surface area contributed by atoms with Gasteiger partial charge in [-0.1, -0.05) is 6.07 Å². The van der Waals surface area contributed by atoms with Crippen molar-refractivity contribution < 1.29 is 4.79 Å². The van der Waals surface area contributed by atoms with E-state index >= 15 is 0 Å². The van der Waals surface area contributed by atoms with Gasteiger partial charge in [0.05, 0.1) is 0 Å². The van der Waals surface area contributed by atoms with Gasteiger partial charge in [0.25, 0.3) is 0 Å². The number of nitrogens with zero attached hydrogens (tertiary/aromatic N) is 2. The molecule has 0 saturated carbocycles. The molecule has 3 aliphatic rings. The summed E-state index contributed by atoms with van der Waals surface area (Å²) < 4.78 is 0. The van der Waals surface area contributed by atoms with Gasteiger partial charge in [-0.15, -0.1) is 0 Å². The van der Waals surface area contributed by atoms with Crippen LogP contribution in [0.4, 0.5) is 10.5 Å². The number of carbonyl (C=O) groups is 1. The van der Waals surface area contributed by atoms with Gasteiger partial charge in [0.15, 0.2) is 0 Å². The van der Waals surface area contributed by atoms with Gasteiger partial charge >= 0.3 is 6.03 Å². The predicted octanol–water partition coefficient (Wildman–Crippen LogP) is 2.88. The molecule has 0 aromatic heterocycles. The zero-order chi connectivity index (χ0) is 17.2. The third-order valence-corrected chi connectivity index (χ3v) is 6.26. The molecular formula is C20H30N4O. The molecular weight excluding hydrogens is 312 g/mol. The molecule has 0 unspecified atom stereocenters. The highest BCUT2D eigenvalue weighted by atomic mass is 16.2. The number of amides is 2.